The highest BCUT2D eigenvalue weighted by atomic mass is 16.6. The summed E-state index contributed by atoms with van der Waals surface area (Å²) in [6.45, 7) is 7.07. The standard InChI is InChI=1S/C34H39N3O6/c1-24(35-28(20-25-14-8-5-9-15-25)31(39)42-23-27-18-12-7-13-19-27)30(38)37-29(32(40)43-34(2,3)4)22-36(33(37)41)21-26-16-10-6-11-17-26/h5-19,24,28-29,35H,20-23H2,1-4H3/t24-,28-,29-/m0/s1. The number of imide groups is 1. The van der Waals surface area contributed by atoms with E-state index in [1.807, 2.05) is 91.0 Å². The zero-order valence-corrected chi connectivity index (χ0v) is 25.1. The van der Waals surface area contributed by atoms with Crippen molar-refractivity contribution in [3.63, 3.8) is 0 Å². The Labute approximate surface area is 252 Å². The Morgan fingerprint density at radius 1 is 0.860 bits per heavy atom. The van der Waals surface area contributed by atoms with Gasteiger partial charge in [-0.05, 0) is 50.8 Å². The fourth-order valence-electron chi connectivity index (χ4n) is 4.86. The maximum atomic E-state index is 13.9. The Balaban J connectivity index is 1.53. The van der Waals surface area contributed by atoms with Crippen molar-refractivity contribution in [2.75, 3.05) is 6.54 Å². The van der Waals surface area contributed by atoms with Crippen LogP contribution in [0.3, 0.4) is 0 Å². The zero-order chi connectivity index (χ0) is 31.0. The van der Waals surface area contributed by atoms with Crippen molar-refractivity contribution in [2.24, 2.45) is 0 Å². The van der Waals surface area contributed by atoms with E-state index in [9.17, 15) is 19.2 Å². The summed E-state index contributed by atoms with van der Waals surface area (Å²) in [4.78, 5) is 56.4. The molecule has 0 radical (unpaired) electrons. The van der Waals surface area contributed by atoms with Gasteiger partial charge in [0, 0.05) is 6.54 Å². The molecule has 1 N–H and O–H groups in total. The van der Waals surface area contributed by atoms with Gasteiger partial charge >= 0.3 is 18.0 Å². The van der Waals surface area contributed by atoms with Crippen molar-refractivity contribution in [2.45, 2.75) is 71.0 Å². The molecule has 3 amide bonds. The third-order valence-corrected chi connectivity index (χ3v) is 6.93. The predicted octanol–water partition coefficient (Wildman–Crippen LogP) is 4.49. The fourth-order valence-corrected chi connectivity index (χ4v) is 4.86. The molecule has 0 bridgehead atoms. The van der Waals surface area contributed by atoms with Gasteiger partial charge in [0.1, 0.15) is 18.2 Å². The maximum absolute atomic E-state index is 13.9. The van der Waals surface area contributed by atoms with Crippen LogP contribution in [0.25, 0.3) is 0 Å². The number of amides is 3. The van der Waals surface area contributed by atoms with E-state index in [1.165, 1.54) is 4.90 Å². The van der Waals surface area contributed by atoms with E-state index in [0.29, 0.717) is 0 Å². The SMILES string of the molecule is C[C@H](N[C@@H](Cc1ccccc1)C(=O)OCc1ccccc1)C(=O)N1C(=O)N(Cc2ccccc2)C[C@H]1C(=O)OC(C)(C)C. The molecule has 1 aliphatic rings. The molecule has 1 aliphatic heterocycles. The van der Waals surface area contributed by atoms with Crippen molar-refractivity contribution < 1.29 is 28.7 Å². The van der Waals surface area contributed by atoms with Gasteiger partial charge in [0.25, 0.3) is 0 Å². The minimum Gasteiger partial charge on any atom is -0.460 e. The first-order valence-corrected chi connectivity index (χ1v) is 14.4. The van der Waals surface area contributed by atoms with Gasteiger partial charge in [0.05, 0.1) is 12.6 Å². The van der Waals surface area contributed by atoms with Crippen molar-refractivity contribution in [1.29, 1.82) is 0 Å². The number of hydrogen-bond donors (Lipinski definition) is 1. The molecule has 0 aliphatic carbocycles. The molecular formula is C34H39N3O6. The van der Waals surface area contributed by atoms with E-state index in [1.54, 1.807) is 27.7 Å². The maximum Gasteiger partial charge on any atom is 0.331 e. The summed E-state index contributed by atoms with van der Waals surface area (Å²) < 4.78 is 11.2. The number of urea groups is 1. The Morgan fingerprint density at radius 2 is 1.40 bits per heavy atom. The number of nitrogens with one attached hydrogen (secondary N) is 1. The molecule has 1 fully saturated rings. The predicted molar refractivity (Wildman–Crippen MR) is 161 cm³/mol. The molecule has 0 saturated carbocycles. The summed E-state index contributed by atoms with van der Waals surface area (Å²) in [6.07, 6.45) is 0.260. The van der Waals surface area contributed by atoms with Gasteiger partial charge in [0.2, 0.25) is 5.91 Å². The lowest BCUT2D eigenvalue weighted by Gasteiger charge is -2.28. The number of benzene rings is 3. The smallest absolute Gasteiger partial charge is 0.331 e. The topological polar surface area (TPSA) is 105 Å². The van der Waals surface area contributed by atoms with Crippen LogP contribution >= 0.6 is 0 Å². The van der Waals surface area contributed by atoms with Crippen molar-refractivity contribution in [3.05, 3.63) is 108 Å². The molecule has 226 valence electrons. The first-order chi connectivity index (χ1) is 20.5. The van der Waals surface area contributed by atoms with Gasteiger partial charge in [-0.1, -0.05) is 91.0 Å². The minimum absolute atomic E-state index is 0.00629. The van der Waals surface area contributed by atoms with Gasteiger partial charge in [-0.15, -0.1) is 0 Å². The molecule has 9 nitrogen and oxygen atoms in total. The summed E-state index contributed by atoms with van der Waals surface area (Å²) in [6, 6.07) is 24.4. The lowest BCUT2D eigenvalue weighted by atomic mass is 10.0. The fraction of sp³-hybridized carbons (Fsp3) is 0.353. The first kappa shape index (κ1) is 31.4. The van der Waals surface area contributed by atoms with E-state index in [0.717, 1.165) is 21.6 Å². The molecule has 4 rings (SSSR count). The van der Waals surface area contributed by atoms with Gasteiger partial charge in [-0.2, -0.15) is 0 Å². The average Bonchev–Trinajstić information content (AvgIpc) is 3.31. The van der Waals surface area contributed by atoms with Crippen molar-refractivity contribution in [3.8, 4) is 0 Å². The molecule has 1 saturated heterocycles. The Bertz CT molecular complexity index is 1390. The summed E-state index contributed by atoms with van der Waals surface area (Å²) >= 11 is 0. The largest absolute Gasteiger partial charge is 0.460 e. The zero-order valence-electron chi connectivity index (χ0n) is 25.1. The molecule has 0 unspecified atom stereocenters. The van der Waals surface area contributed by atoms with Crippen LogP contribution in [0, 0.1) is 0 Å². The van der Waals surface area contributed by atoms with Gasteiger partial charge in [-0.25, -0.2) is 14.5 Å². The second kappa shape index (κ2) is 14.1. The molecule has 0 spiro atoms. The number of nitrogens with zero attached hydrogens (tertiary/aromatic N) is 2. The summed E-state index contributed by atoms with van der Waals surface area (Å²) in [5, 5.41) is 3.08. The van der Waals surface area contributed by atoms with E-state index in [4.69, 9.17) is 9.47 Å². The number of hydrogen-bond acceptors (Lipinski definition) is 7. The van der Waals surface area contributed by atoms with Gasteiger partial charge < -0.3 is 14.4 Å². The highest BCUT2D eigenvalue weighted by Crippen LogP contribution is 2.23. The minimum atomic E-state index is -1.13. The number of carbonyl (C=O) groups excluding carboxylic acids is 4. The molecule has 43 heavy (non-hydrogen) atoms. The van der Waals surface area contributed by atoms with Crippen LogP contribution < -0.4 is 5.32 Å². The van der Waals surface area contributed by atoms with Crippen molar-refractivity contribution >= 4 is 23.9 Å². The van der Waals surface area contributed by atoms with Crippen molar-refractivity contribution in [1.82, 2.24) is 15.1 Å². The van der Waals surface area contributed by atoms with Crippen LogP contribution in [0.2, 0.25) is 0 Å². The highest BCUT2D eigenvalue weighted by Gasteiger charge is 2.48. The number of carbonyl (C=O) groups is 4. The number of ether oxygens (including phenoxy) is 2. The lowest BCUT2D eigenvalue weighted by molar-refractivity contribution is -0.162. The third-order valence-electron chi connectivity index (χ3n) is 6.93. The lowest BCUT2D eigenvalue weighted by Crippen LogP contribution is -2.55. The Kier molecular flexibility index (Phi) is 10.3. The molecule has 3 aromatic rings. The second-order valence-electron chi connectivity index (χ2n) is 11.6. The second-order valence-corrected chi connectivity index (χ2v) is 11.6. The average molecular weight is 586 g/mol. The van der Waals surface area contributed by atoms with Crippen LogP contribution in [0.1, 0.15) is 44.4 Å². The quantitative estimate of drug-likeness (QED) is 0.331. The van der Waals surface area contributed by atoms with Crippen LogP contribution in [-0.2, 0) is 43.4 Å². The van der Waals surface area contributed by atoms with Crippen LogP contribution in [0.4, 0.5) is 4.79 Å². The summed E-state index contributed by atoms with van der Waals surface area (Å²) in [5.41, 5.74) is 1.76. The van der Waals surface area contributed by atoms with Crippen LogP contribution in [0.15, 0.2) is 91.0 Å². The molecule has 3 aromatic carbocycles. The molecular weight excluding hydrogens is 546 g/mol. The van der Waals surface area contributed by atoms with Crippen LogP contribution in [0.5, 0.6) is 0 Å². The van der Waals surface area contributed by atoms with Gasteiger partial charge in [0.15, 0.2) is 6.04 Å². The normalized spacial score (nSPS) is 16.5. The number of rotatable bonds is 11. The molecule has 3 atom stereocenters. The molecule has 1 heterocycles. The van der Waals surface area contributed by atoms with Crippen LogP contribution in [-0.4, -0.2) is 63.9 Å². The third kappa shape index (κ3) is 8.75. The Hall–Kier alpha value is -4.50. The molecule has 0 aromatic heterocycles. The highest BCUT2D eigenvalue weighted by molar-refractivity contribution is 6.03. The Morgan fingerprint density at radius 3 is 1.95 bits per heavy atom. The monoisotopic (exact) mass is 585 g/mol. The number of esters is 2. The van der Waals surface area contributed by atoms with Gasteiger partial charge in [-0.3, -0.25) is 14.9 Å². The van der Waals surface area contributed by atoms with E-state index in [-0.39, 0.29) is 26.1 Å². The molecule has 9 heteroatoms. The van der Waals surface area contributed by atoms with E-state index < -0.39 is 47.6 Å². The van der Waals surface area contributed by atoms with E-state index in [2.05, 4.69) is 5.32 Å². The first-order valence-electron chi connectivity index (χ1n) is 14.4. The van der Waals surface area contributed by atoms with E-state index >= 15 is 0 Å². The summed E-state index contributed by atoms with van der Waals surface area (Å²) in [5.74, 6) is -1.83. The summed E-state index contributed by atoms with van der Waals surface area (Å²) in [7, 11) is 0.